The van der Waals surface area contributed by atoms with E-state index in [1.165, 1.54) is 12.1 Å². The van der Waals surface area contributed by atoms with Crippen molar-refractivity contribution < 1.29 is 18.1 Å². The zero-order valence-electron chi connectivity index (χ0n) is 14.6. The lowest BCUT2D eigenvalue weighted by Crippen LogP contribution is -2.48. The number of nitro benzene ring substituents is 1. The highest BCUT2D eigenvalue weighted by Crippen LogP contribution is 2.26. The number of rotatable bonds is 7. The molecule has 2 aliphatic rings. The van der Waals surface area contributed by atoms with E-state index in [1.54, 1.807) is 0 Å². The summed E-state index contributed by atoms with van der Waals surface area (Å²) in [5.74, 6) is -0.178. The van der Waals surface area contributed by atoms with E-state index in [4.69, 9.17) is 0 Å². The minimum atomic E-state index is -3.80. The molecule has 2 saturated heterocycles. The quantitative estimate of drug-likeness (QED) is 0.448. The second kappa shape index (κ2) is 8.96. The summed E-state index contributed by atoms with van der Waals surface area (Å²) in [6.07, 6.45) is 4.16. The molecule has 9 nitrogen and oxygen atoms in total. The maximum atomic E-state index is 12.2. The topological polar surface area (TPSA) is 130 Å². The van der Waals surface area contributed by atoms with E-state index < -0.39 is 14.9 Å². The largest absolute Gasteiger partial charge is 0.353 e. The van der Waals surface area contributed by atoms with Crippen molar-refractivity contribution in [3.05, 3.63) is 34.4 Å². The van der Waals surface area contributed by atoms with Crippen LogP contribution in [0.2, 0.25) is 0 Å². The van der Waals surface area contributed by atoms with Crippen LogP contribution in [0.3, 0.4) is 0 Å². The first-order valence-corrected chi connectivity index (χ1v) is 10.1. The number of halogens is 1. The van der Waals surface area contributed by atoms with Crippen molar-refractivity contribution in [2.75, 3.05) is 6.54 Å². The Labute approximate surface area is 163 Å². The third-order valence-corrected chi connectivity index (χ3v) is 6.32. The molecule has 0 radical (unpaired) electrons. The summed E-state index contributed by atoms with van der Waals surface area (Å²) in [7, 11) is -3.80. The molecule has 150 valence electrons. The van der Waals surface area contributed by atoms with Crippen molar-refractivity contribution in [1.29, 1.82) is 0 Å². The Kier molecular flexibility index (Phi) is 7.15. The summed E-state index contributed by atoms with van der Waals surface area (Å²) in [5.41, 5.74) is -0.181. The van der Waals surface area contributed by atoms with E-state index in [0.29, 0.717) is 12.1 Å². The average molecular weight is 419 g/mol. The number of hydrogen-bond acceptors (Lipinski definition) is 6. The SMILES string of the molecule is Cl.O=C(CCNS(=O)(=O)c1ccc([N+](=O)[O-])cc1)NC1CC2CCC(C1)N2. The average Bonchev–Trinajstić information content (AvgIpc) is 2.93. The summed E-state index contributed by atoms with van der Waals surface area (Å²) in [4.78, 5) is 22.0. The van der Waals surface area contributed by atoms with Crippen molar-refractivity contribution in [2.45, 2.75) is 55.1 Å². The molecule has 1 aromatic rings. The van der Waals surface area contributed by atoms with Crippen molar-refractivity contribution in [2.24, 2.45) is 0 Å². The molecule has 0 aliphatic carbocycles. The molecule has 1 aromatic carbocycles. The molecule has 3 N–H and O–H groups in total. The molecular formula is C16H23ClN4O5S. The van der Waals surface area contributed by atoms with Crippen molar-refractivity contribution in [1.82, 2.24) is 15.4 Å². The molecule has 0 saturated carbocycles. The third kappa shape index (κ3) is 5.61. The lowest BCUT2D eigenvalue weighted by atomic mass is 10.00. The monoisotopic (exact) mass is 418 g/mol. The van der Waals surface area contributed by atoms with E-state index in [0.717, 1.165) is 37.8 Å². The van der Waals surface area contributed by atoms with Gasteiger partial charge in [0.1, 0.15) is 0 Å². The maximum absolute atomic E-state index is 12.2. The van der Waals surface area contributed by atoms with E-state index >= 15 is 0 Å². The van der Waals surface area contributed by atoms with Crippen LogP contribution in [0.15, 0.2) is 29.2 Å². The van der Waals surface area contributed by atoms with Crippen LogP contribution in [0, 0.1) is 10.1 Å². The summed E-state index contributed by atoms with van der Waals surface area (Å²) in [5, 5.41) is 17.1. The molecule has 2 aliphatic heterocycles. The summed E-state index contributed by atoms with van der Waals surface area (Å²) >= 11 is 0. The summed E-state index contributed by atoms with van der Waals surface area (Å²) in [6, 6.07) is 5.70. The van der Waals surface area contributed by atoms with Crippen LogP contribution in [-0.4, -0.2) is 43.9 Å². The normalized spacial score (nSPS) is 24.1. The number of carbonyl (C=O) groups excluding carboxylic acids is 1. The molecule has 11 heteroatoms. The maximum Gasteiger partial charge on any atom is 0.269 e. The van der Waals surface area contributed by atoms with Gasteiger partial charge in [0.25, 0.3) is 5.69 Å². The number of non-ortho nitro benzene ring substituents is 1. The zero-order valence-corrected chi connectivity index (χ0v) is 16.2. The highest BCUT2D eigenvalue weighted by Gasteiger charge is 2.33. The molecule has 2 bridgehead atoms. The first-order valence-electron chi connectivity index (χ1n) is 8.63. The predicted molar refractivity (Wildman–Crippen MR) is 101 cm³/mol. The second-order valence-corrected chi connectivity index (χ2v) is 8.54. The molecule has 0 spiro atoms. The van der Waals surface area contributed by atoms with Gasteiger partial charge in [-0.3, -0.25) is 14.9 Å². The third-order valence-electron chi connectivity index (χ3n) is 4.84. The van der Waals surface area contributed by atoms with Gasteiger partial charge in [-0.15, -0.1) is 12.4 Å². The number of nitrogens with one attached hydrogen (secondary N) is 3. The first-order chi connectivity index (χ1) is 12.3. The van der Waals surface area contributed by atoms with Crippen LogP contribution < -0.4 is 15.4 Å². The Morgan fingerprint density at radius 2 is 1.78 bits per heavy atom. The molecule has 2 unspecified atom stereocenters. The first kappa shape index (κ1) is 21.5. The van der Waals surface area contributed by atoms with Gasteiger partial charge < -0.3 is 10.6 Å². The Balaban J connectivity index is 0.00000261. The minimum absolute atomic E-state index is 0. The minimum Gasteiger partial charge on any atom is -0.353 e. The Morgan fingerprint density at radius 1 is 1.19 bits per heavy atom. The standard InChI is InChI=1S/C16H22N4O5S.ClH/c21-16(19-13-9-11-1-2-12(10-13)18-11)7-8-17-26(24,25)15-5-3-14(4-6-15)20(22)23;/h3-6,11-13,17-18H,1-2,7-10H2,(H,19,21);1H. The Bertz CT molecular complexity index is 775. The van der Waals surface area contributed by atoms with Crippen molar-refractivity contribution in [3.63, 3.8) is 0 Å². The fraction of sp³-hybridized carbons (Fsp3) is 0.562. The number of fused-ring (bicyclic) bond motifs is 2. The number of benzene rings is 1. The fourth-order valence-electron chi connectivity index (χ4n) is 3.60. The second-order valence-electron chi connectivity index (χ2n) is 6.77. The fourth-order valence-corrected chi connectivity index (χ4v) is 4.64. The molecular weight excluding hydrogens is 396 g/mol. The molecule has 3 rings (SSSR count). The van der Waals surface area contributed by atoms with Gasteiger partial charge in [0.15, 0.2) is 0 Å². The van der Waals surface area contributed by atoms with Crippen LogP contribution >= 0.6 is 12.4 Å². The van der Waals surface area contributed by atoms with Crippen molar-refractivity contribution >= 4 is 34.0 Å². The molecule has 2 heterocycles. The predicted octanol–water partition coefficient (Wildman–Crippen LogP) is 1.08. The number of piperidine rings is 1. The van der Waals surface area contributed by atoms with Gasteiger partial charge in [-0.1, -0.05) is 0 Å². The van der Waals surface area contributed by atoms with Gasteiger partial charge in [0.05, 0.1) is 9.82 Å². The van der Waals surface area contributed by atoms with Gasteiger partial charge in [0, 0.05) is 43.2 Å². The number of nitrogens with zero attached hydrogens (tertiary/aromatic N) is 1. The number of hydrogen-bond donors (Lipinski definition) is 3. The van der Waals surface area contributed by atoms with Crippen LogP contribution in [-0.2, 0) is 14.8 Å². The zero-order chi connectivity index (χ0) is 18.7. The Hall–Kier alpha value is -1.75. The number of sulfonamides is 1. The lowest BCUT2D eigenvalue weighted by Gasteiger charge is -2.29. The van der Waals surface area contributed by atoms with E-state index in [-0.39, 0.29) is 47.9 Å². The van der Waals surface area contributed by atoms with E-state index in [2.05, 4.69) is 15.4 Å². The molecule has 27 heavy (non-hydrogen) atoms. The van der Waals surface area contributed by atoms with Gasteiger partial charge in [-0.25, -0.2) is 13.1 Å². The van der Waals surface area contributed by atoms with E-state index in [9.17, 15) is 23.3 Å². The van der Waals surface area contributed by atoms with E-state index in [1.807, 2.05) is 0 Å². The smallest absolute Gasteiger partial charge is 0.269 e. The molecule has 1 amide bonds. The van der Waals surface area contributed by atoms with Gasteiger partial charge >= 0.3 is 0 Å². The summed E-state index contributed by atoms with van der Waals surface area (Å²) < 4.78 is 26.7. The molecule has 0 aromatic heterocycles. The lowest BCUT2D eigenvalue weighted by molar-refractivity contribution is -0.384. The highest BCUT2D eigenvalue weighted by molar-refractivity contribution is 7.89. The van der Waals surface area contributed by atoms with Gasteiger partial charge in [-0.2, -0.15) is 0 Å². The van der Waals surface area contributed by atoms with Gasteiger partial charge in [0.2, 0.25) is 15.9 Å². The van der Waals surface area contributed by atoms with Crippen molar-refractivity contribution in [3.8, 4) is 0 Å². The highest BCUT2D eigenvalue weighted by atomic mass is 35.5. The molecule has 2 atom stereocenters. The van der Waals surface area contributed by atoms with Gasteiger partial charge in [-0.05, 0) is 37.8 Å². The Morgan fingerprint density at radius 3 is 2.33 bits per heavy atom. The van der Waals surface area contributed by atoms with Crippen LogP contribution in [0.5, 0.6) is 0 Å². The van der Waals surface area contributed by atoms with Crippen LogP contribution in [0.1, 0.15) is 32.1 Å². The van der Waals surface area contributed by atoms with Crippen LogP contribution in [0.25, 0.3) is 0 Å². The summed E-state index contributed by atoms with van der Waals surface area (Å²) in [6.45, 7) is -0.0248. The molecule has 2 fully saturated rings. The van der Waals surface area contributed by atoms with Crippen LogP contribution in [0.4, 0.5) is 5.69 Å². The number of carbonyl (C=O) groups is 1. The number of nitro groups is 1. The number of amides is 1.